The first-order valence-electron chi connectivity index (χ1n) is 13.5. The van der Waals surface area contributed by atoms with Crippen molar-refractivity contribution in [3.05, 3.63) is 76.1 Å². The molecular weight excluding hydrogens is 566 g/mol. The summed E-state index contributed by atoms with van der Waals surface area (Å²) in [5.74, 6) is -5.01. The van der Waals surface area contributed by atoms with Crippen LogP contribution in [0.3, 0.4) is 0 Å². The van der Waals surface area contributed by atoms with Gasteiger partial charge in [-0.15, -0.1) is 0 Å². The number of fused-ring (bicyclic) bond motifs is 1. The Morgan fingerprint density at radius 1 is 1.12 bits per heavy atom. The Bertz CT molecular complexity index is 1520. The first kappa shape index (κ1) is 31.6. The quantitative estimate of drug-likeness (QED) is 0.190. The van der Waals surface area contributed by atoms with E-state index in [9.17, 15) is 34.5 Å². The summed E-state index contributed by atoms with van der Waals surface area (Å²) in [6, 6.07) is 13.1. The number of esters is 2. The zero-order valence-corrected chi connectivity index (χ0v) is 23.7. The molecule has 0 spiro atoms. The molecule has 3 aromatic rings. The van der Waals surface area contributed by atoms with Crippen LogP contribution in [0.1, 0.15) is 31.4 Å². The molecule has 0 aliphatic carbocycles. The van der Waals surface area contributed by atoms with E-state index in [1.807, 2.05) is 0 Å². The lowest BCUT2D eigenvalue weighted by Gasteiger charge is -2.47. The number of rotatable bonds is 10. The van der Waals surface area contributed by atoms with Gasteiger partial charge in [0.25, 0.3) is 0 Å². The minimum Gasteiger partial charge on any atom is -0.457 e. The van der Waals surface area contributed by atoms with E-state index in [1.165, 1.54) is 25.1 Å². The molecule has 4 N–H and O–H groups in total. The highest BCUT2D eigenvalue weighted by atomic mass is 16.7. The fourth-order valence-corrected chi connectivity index (χ4v) is 4.94. The van der Waals surface area contributed by atoms with E-state index in [1.54, 1.807) is 43.3 Å². The van der Waals surface area contributed by atoms with Gasteiger partial charge in [-0.1, -0.05) is 30.3 Å². The molecule has 13 heteroatoms. The van der Waals surface area contributed by atoms with Crippen molar-refractivity contribution in [2.75, 3.05) is 6.61 Å². The van der Waals surface area contributed by atoms with Crippen LogP contribution >= 0.6 is 0 Å². The number of aliphatic hydroxyl groups excluding tert-OH is 3. The van der Waals surface area contributed by atoms with Crippen LogP contribution in [0.15, 0.2) is 63.8 Å². The second-order valence-corrected chi connectivity index (χ2v) is 10.2. The van der Waals surface area contributed by atoms with Crippen molar-refractivity contribution in [2.24, 2.45) is 0 Å². The predicted octanol–water partition coefficient (Wildman–Crippen LogP) is 0.859. The summed E-state index contributed by atoms with van der Waals surface area (Å²) < 4.78 is 28.3. The summed E-state index contributed by atoms with van der Waals surface area (Å²) in [4.78, 5) is 49.8. The molecule has 1 amide bonds. The zero-order valence-electron chi connectivity index (χ0n) is 23.7. The maximum absolute atomic E-state index is 13.8. The second-order valence-electron chi connectivity index (χ2n) is 10.2. The molecule has 1 aromatic heterocycles. The lowest BCUT2D eigenvalue weighted by molar-refractivity contribution is -0.289. The smallest absolute Gasteiger partial charge is 0.380 e. The Morgan fingerprint density at radius 3 is 2.49 bits per heavy atom. The molecule has 2 heterocycles. The van der Waals surface area contributed by atoms with E-state index < -0.39 is 72.7 Å². The van der Waals surface area contributed by atoms with E-state index in [0.29, 0.717) is 16.5 Å². The number of ether oxygens (including phenoxy) is 4. The van der Waals surface area contributed by atoms with Crippen molar-refractivity contribution in [2.45, 2.75) is 70.0 Å². The molecule has 1 saturated heterocycles. The minimum absolute atomic E-state index is 0.0198. The van der Waals surface area contributed by atoms with Gasteiger partial charge in [0.1, 0.15) is 30.1 Å². The van der Waals surface area contributed by atoms with Gasteiger partial charge in [-0.3, -0.25) is 9.59 Å². The average Bonchev–Trinajstić information content (AvgIpc) is 2.95. The highest BCUT2D eigenvalue weighted by molar-refractivity contribution is 5.82. The molecule has 0 unspecified atom stereocenters. The van der Waals surface area contributed by atoms with Crippen LogP contribution in [0, 0.1) is 6.92 Å². The Morgan fingerprint density at radius 2 is 1.84 bits per heavy atom. The molecule has 13 nitrogen and oxygen atoms in total. The summed E-state index contributed by atoms with van der Waals surface area (Å²) in [6.07, 6.45) is -7.19. The van der Waals surface area contributed by atoms with E-state index in [0.717, 1.165) is 6.92 Å². The molecule has 1 fully saturated rings. The van der Waals surface area contributed by atoms with Crippen molar-refractivity contribution in [1.29, 1.82) is 0 Å². The summed E-state index contributed by atoms with van der Waals surface area (Å²) in [6.45, 7) is 2.84. The molecule has 4 rings (SSSR count). The van der Waals surface area contributed by atoms with Crippen molar-refractivity contribution >= 4 is 28.8 Å². The normalized spacial score (nSPS) is 23.2. The molecular formula is C30H33NO12. The molecule has 43 heavy (non-hydrogen) atoms. The van der Waals surface area contributed by atoms with Crippen LogP contribution in [-0.2, 0) is 35.2 Å². The van der Waals surface area contributed by atoms with Crippen LogP contribution in [0.5, 0.6) is 5.75 Å². The monoisotopic (exact) mass is 599 g/mol. The van der Waals surface area contributed by atoms with E-state index >= 15 is 0 Å². The van der Waals surface area contributed by atoms with Gasteiger partial charge in [-0.05, 0) is 30.2 Å². The number of hydrogen-bond donors (Lipinski definition) is 4. The molecule has 0 radical (unpaired) electrons. The number of benzene rings is 2. The van der Waals surface area contributed by atoms with Gasteiger partial charge in [0.05, 0.1) is 25.2 Å². The SMILES string of the molecule is CC(=O)N[C@H]1[C@H]([C@H](OC(C)=O)[C@H](O)CO)O[C@@](Oc2ccc3c(C)cc(=O)oc3c2)(C(=O)OCc2ccccc2)C[C@@H]1O. The number of hydrogen-bond acceptors (Lipinski definition) is 12. The number of amides is 1. The zero-order chi connectivity index (χ0) is 31.3. The molecule has 0 bridgehead atoms. The van der Waals surface area contributed by atoms with Crippen LogP contribution < -0.4 is 15.7 Å². The molecule has 0 saturated carbocycles. The summed E-state index contributed by atoms with van der Waals surface area (Å²) in [7, 11) is 0. The van der Waals surface area contributed by atoms with Gasteiger partial charge in [0.15, 0.2) is 6.10 Å². The third kappa shape index (κ3) is 7.38. The third-order valence-corrected chi connectivity index (χ3v) is 6.86. The van der Waals surface area contributed by atoms with Gasteiger partial charge < -0.3 is 44.0 Å². The molecule has 1 aliphatic rings. The summed E-state index contributed by atoms with van der Waals surface area (Å²) >= 11 is 0. The topological polar surface area (TPSA) is 191 Å². The average molecular weight is 600 g/mol. The number of aliphatic hydroxyl groups is 3. The van der Waals surface area contributed by atoms with Gasteiger partial charge in [0, 0.05) is 31.4 Å². The van der Waals surface area contributed by atoms with Crippen LogP contribution in [0.25, 0.3) is 11.0 Å². The van der Waals surface area contributed by atoms with Crippen LogP contribution in [0.2, 0.25) is 0 Å². The highest BCUT2D eigenvalue weighted by Crippen LogP contribution is 2.37. The standard InChI is InChI=1S/C30H33NO12/c1-16-11-25(37)41-24-12-20(9-10-21(16)24)42-30(29(38)39-15-19-7-5-4-6-8-19)13-22(35)26(31-17(2)33)28(43-30)27(23(36)14-32)40-18(3)34/h4-12,22-23,26-28,32,35-36H,13-15H2,1-3H3,(H,31,33)/t22-,23+,26+,27+,28+,30+/m0/s1. The van der Waals surface area contributed by atoms with Crippen molar-refractivity contribution in [3.8, 4) is 5.75 Å². The van der Waals surface area contributed by atoms with Crippen molar-refractivity contribution in [3.63, 3.8) is 0 Å². The predicted molar refractivity (Wildman–Crippen MR) is 149 cm³/mol. The van der Waals surface area contributed by atoms with Gasteiger partial charge in [-0.2, -0.15) is 0 Å². The Labute approximate surface area is 245 Å². The van der Waals surface area contributed by atoms with E-state index in [2.05, 4.69) is 5.32 Å². The lowest BCUT2D eigenvalue weighted by Crippen LogP contribution is -2.69. The van der Waals surface area contributed by atoms with Crippen molar-refractivity contribution < 1.29 is 53.1 Å². The third-order valence-electron chi connectivity index (χ3n) is 6.86. The maximum atomic E-state index is 13.8. The molecule has 1 aliphatic heterocycles. The lowest BCUT2D eigenvalue weighted by atomic mass is 9.88. The van der Waals surface area contributed by atoms with Gasteiger partial charge in [-0.25, -0.2) is 9.59 Å². The van der Waals surface area contributed by atoms with Crippen molar-refractivity contribution in [1.82, 2.24) is 5.32 Å². The number of nitrogens with one attached hydrogen (secondary N) is 1. The number of carbonyl (C=O) groups is 3. The largest absolute Gasteiger partial charge is 0.457 e. The second kappa shape index (κ2) is 13.3. The first-order chi connectivity index (χ1) is 20.4. The highest BCUT2D eigenvalue weighted by Gasteiger charge is 2.58. The number of aryl methyl sites for hydroxylation is 1. The molecule has 6 atom stereocenters. The Kier molecular flexibility index (Phi) is 9.81. The van der Waals surface area contributed by atoms with E-state index in [4.69, 9.17) is 23.4 Å². The fourth-order valence-electron chi connectivity index (χ4n) is 4.94. The molecule has 230 valence electrons. The van der Waals surface area contributed by atoms with E-state index in [-0.39, 0.29) is 17.9 Å². The van der Waals surface area contributed by atoms with Gasteiger partial charge >= 0.3 is 23.4 Å². The number of carbonyl (C=O) groups excluding carboxylic acids is 3. The fraction of sp³-hybridized carbons (Fsp3) is 0.400. The summed E-state index contributed by atoms with van der Waals surface area (Å²) in [5, 5.41) is 34.7. The first-order valence-corrected chi connectivity index (χ1v) is 13.5. The Balaban J connectivity index is 1.80. The maximum Gasteiger partial charge on any atom is 0.380 e. The summed E-state index contributed by atoms with van der Waals surface area (Å²) in [5.41, 5.74) is 0.808. The van der Waals surface area contributed by atoms with Crippen LogP contribution in [0.4, 0.5) is 0 Å². The van der Waals surface area contributed by atoms with Crippen LogP contribution in [-0.4, -0.2) is 76.0 Å². The molecule has 2 aromatic carbocycles. The van der Waals surface area contributed by atoms with Gasteiger partial charge in [0.2, 0.25) is 5.91 Å². The minimum atomic E-state index is -2.43. The Hall–Kier alpha value is -4.30.